The number of amides is 1. The van der Waals surface area contributed by atoms with Crippen molar-refractivity contribution in [2.24, 2.45) is 5.92 Å². The van der Waals surface area contributed by atoms with Crippen LogP contribution < -0.4 is 4.90 Å². The van der Waals surface area contributed by atoms with Crippen molar-refractivity contribution in [2.75, 3.05) is 11.4 Å². The minimum absolute atomic E-state index is 0.233. The molecule has 1 aromatic rings. The molecule has 3 nitrogen and oxygen atoms in total. The SMILES string of the molecule is O=C(CC1CCCCC1)N1CCC(O)c2ccccc21. The number of carbonyl (C=O) groups excluding carboxylic acids is 1. The summed E-state index contributed by atoms with van der Waals surface area (Å²) in [5.41, 5.74) is 1.81. The fourth-order valence-electron chi connectivity index (χ4n) is 3.55. The number of hydrogen-bond acceptors (Lipinski definition) is 2. The molecule has 1 amide bonds. The van der Waals surface area contributed by atoms with Crippen LogP contribution in [0.1, 0.15) is 56.6 Å². The van der Waals surface area contributed by atoms with Crippen molar-refractivity contribution in [1.82, 2.24) is 0 Å². The zero-order chi connectivity index (χ0) is 13.9. The highest BCUT2D eigenvalue weighted by atomic mass is 16.3. The molecule has 1 saturated carbocycles. The van der Waals surface area contributed by atoms with Gasteiger partial charge in [0.25, 0.3) is 0 Å². The number of hydrogen-bond donors (Lipinski definition) is 1. The number of fused-ring (bicyclic) bond motifs is 1. The molecule has 1 atom stereocenters. The number of benzene rings is 1. The molecule has 3 heteroatoms. The average Bonchev–Trinajstić information content (AvgIpc) is 2.49. The van der Waals surface area contributed by atoms with Gasteiger partial charge in [-0.25, -0.2) is 0 Å². The number of anilines is 1. The minimum Gasteiger partial charge on any atom is -0.388 e. The van der Waals surface area contributed by atoms with E-state index >= 15 is 0 Å². The number of rotatable bonds is 2. The van der Waals surface area contributed by atoms with Crippen molar-refractivity contribution in [1.29, 1.82) is 0 Å². The lowest BCUT2D eigenvalue weighted by Gasteiger charge is -2.33. The van der Waals surface area contributed by atoms with Crippen LogP contribution >= 0.6 is 0 Å². The van der Waals surface area contributed by atoms with Crippen LogP contribution in [0.3, 0.4) is 0 Å². The Morgan fingerprint density at radius 1 is 1.15 bits per heavy atom. The topological polar surface area (TPSA) is 40.5 Å². The molecule has 1 unspecified atom stereocenters. The normalized spacial score (nSPS) is 23.4. The predicted molar refractivity (Wildman–Crippen MR) is 79.6 cm³/mol. The van der Waals surface area contributed by atoms with Crippen LogP contribution in [-0.4, -0.2) is 17.6 Å². The van der Waals surface area contributed by atoms with Gasteiger partial charge < -0.3 is 10.0 Å². The van der Waals surface area contributed by atoms with Crippen LogP contribution in [0.2, 0.25) is 0 Å². The second-order valence-electron chi connectivity index (χ2n) is 6.12. The summed E-state index contributed by atoms with van der Waals surface area (Å²) in [6.07, 6.45) is 7.15. The Hall–Kier alpha value is -1.35. The Kier molecular flexibility index (Phi) is 4.06. The maximum Gasteiger partial charge on any atom is 0.227 e. The van der Waals surface area contributed by atoms with E-state index in [0.29, 0.717) is 25.3 Å². The summed E-state index contributed by atoms with van der Waals surface area (Å²) in [6, 6.07) is 7.76. The van der Waals surface area contributed by atoms with Crippen LogP contribution in [0.4, 0.5) is 5.69 Å². The summed E-state index contributed by atoms with van der Waals surface area (Å²) in [6.45, 7) is 0.643. The van der Waals surface area contributed by atoms with Crippen LogP contribution in [-0.2, 0) is 4.79 Å². The maximum absolute atomic E-state index is 12.6. The van der Waals surface area contributed by atoms with Crippen molar-refractivity contribution >= 4 is 11.6 Å². The Morgan fingerprint density at radius 2 is 1.90 bits per heavy atom. The molecule has 1 aromatic carbocycles. The molecular weight excluding hydrogens is 250 g/mol. The van der Waals surface area contributed by atoms with Gasteiger partial charge in [0.1, 0.15) is 0 Å². The Morgan fingerprint density at radius 3 is 2.70 bits per heavy atom. The summed E-state index contributed by atoms with van der Waals surface area (Å²) in [4.78, 5) is 14.5. The van der Waals surface area contributed by atoms with E-state index in [1.165, 1.54) is 32.1 Å². The molecule has 0 aromatic heterocycles. The first-order valence-electron chi connectivity index (χ1n) is 7.83. The second-order valence-corrected chi connectivity index (χ2v) is 6.12. The number of carbonyl (C=O) groups is 1. The van der Waals surface area contributed by atoms with Crippen LogP contribution in [0.5, 0.6) is 0 Å². The second kappa shape index (κ2) is 5.96. The van der Waals surface area contributed by atoms with E-state index in [4.69, 9.17) is 0 Å². The first-order valence-corrected chi connectivity index (χ1v) is 7.83. The average molecular weight is 273 g/mol. The van der Waals surface area contributed by atoms with Gasteiger partial charge in [-0.15, -0.1) is 0 Å². The third-order valence-corrected chi connectivity index (χ3v) is 4.70. The Labute approximate surface area is 120 Å². The Balaban J connectivity index is 1.73. The fourth-order valence-corrected chi connectivity index (χ4v) is 3.55. The van der Waals surface area contributed by atoms with E-state index in [1.807, 2.05) is 29.2 Å². The predicted octanol–water partition coefficient (Wildman–Crippen LogP) is 3.43. The highest BCUT2D eigenvalue weighted by molar-refractivity contribution is 5.94. The largest absolute Gasteiger partial charge is 0.388 e. The molecule has 1 aliphatic carbocycles. The molecule has 2 aliphatic rings. The summed E-state index contributed by atoms with van der Waals surface area (Å²) in [7, 11) is 0. The van der Waals surface area contributed by atoms with Crippen LogP contribution in [0, 0.1) is 5.92 Å². The lowest BCUT2D eigenvalue weighted by molar-refractivity contribution is -0.119. The van der Waals surface area contributed by atoms with Crippen LogP contribution in [0.15, 0.2) is 24.3 Å². The van der Waals surface area contributed by atoms with Crippen molar-refractivity contribution in [3.8, 4) is 0 Å². The van der Waals surface area contributed by atoms with E-state index in [9.17, 15) is 9.90 Å². The summed E-state index contributed by atoms with van der Waals surface area (Å²) in [5.74, 6) is 0.798. The third kappa shape index (κ3) is 2.73. The number of nitrogens with zero attached hydrogens (tertiary/aromatic N) is 1. The van der Waals surface area contributed by atoms with Gasteiger partial charge in [0.15, 0.2) is 0 Å². The molecule has 0 radical (unpaired) electrons. The Bertz CT molecular complexity index is 480. The highest BCUT2D eigenvalue weighted by Gasteiger charge is 2.28. The molecule has 0 spiro atoms. The first-order chi connectivity index (χ1) is 9.75. The van der Waals surface area contributed by atoms with Gasteiger partial charge in [0.2, 0.25) is 5.91 Å². The summed E-state index contributed by atoms with van der Waals surface area (Å²) in [5, 5.41) is 10.0. The molecule has 0 saturated heterocycles. The van der Waals surface area contributed by atoms with Gasteiger partial charge >= 0.3 is 0 Å². The zero-order valence-electron chi connectivity index (χ0n) is 11.9. The lowest BCUT2D eigenvalue weighted by atomic mass is 9.86. The van der Waals surface area contributed by atoms with Gasteiger partial charge in [0, 0.05) is 24.2 Å². The fraction of sp³-hybridized carbons (Fsp3) is 0.588. The molecule has 1 N–H and O–H groups in total. The standard InChI is InChI=1S/C17H23NO2/c19-16-10-11-18(15-9-5-4-8-14(15)16)17(20)12-13-6-2-1-3-7-13/h4-5,8-9,13,16,19H,1-3,6-7,10-12H2. The molecule has 1 aliphatic heterocycles. The lowest BCUT2D eigenvalue weighted by Crippen LogP contribution is -2.37. The summed E-state index contributed by atoms with van der Waals surface area (Å²) >= 11 is 0. The zero-order valence-corrected chi connectivity index (χ0v) is 11.9. The first kappa shape index (κ1) is 13.6. The summed E-state index contributed by atoms with van der Waals surface area (Å²) < 4.78 is 0. The van der Waals surface area contributed by atoms with Crippen molar-refractivity contribution in [2.45, 2.75) is 51.0 Å². The quantitative estimate of drug-likeness (QED) is 0.897. The monoisotopic (exact) mass is 273 g/mol. The number of aliphatic hydroxyl groups excluding tert-OH is 1. The van der Waals surface area contributed by atoms with E-state index in [2.05, 4.69) is 0 Å². The van der Waals surface area contributed by atoms with E-state index in [1.54, 1.807) is 0 Å². The van der Waals surface area contributed by atoms with Gasteiger partial charge in [0.05, 0.1) is 6.10 Å². The molecule has 108 valence electrons. The molecule has 1 fully saturated rings. The maximum atomic E-state index is 12.6. The van der Waals surface area contributed by atoms with E-state index < -0.39 is 6.10 Å². The van der Waals surface area contributed by atoms with E-state index in [0.717, 1.165) is 11.3 Å². The van der Waals surface area contributed by atoms with Gasteiger partial charge in [-0.2, -0.15) is 0 Å². The van der Waals surface area contributed by atoms with Crippen LogP contribution in [0.25, 0.3) is 0 Å². The van der Waals surface area contributed by atoms with E-state index in [-0.39, 0.29) is 5.91 Å². The van der Waals surface area contributed by atoms with Crippen molar-refractivity contribution in [3.63, 3.8) is 0 Å². The van der Waals surface area contributed by atoms with Gasteiger partial charge in [-0.05, 0) is 31.2 Å². The number of aliphatic hydroxyl groups is 1. The van der Waals surface area contributed by atoms with Crippen molar-refractivity contribution < 1.29 is 9.90 Å². The third-order valence-electron chi connectivity index (χ3n) is 4.70. The minimum atomic E-state index is -0.426. The molecular formula is C17H23NO2. The molecule has 20 heavy (non-hydrogen) atoms. The highest BCUT2D eigenvalue weighted by Crippen LogP contribution is 2.35. The van der Waals surface area contributed by atoms with Crippen molar-refractivity contribution in [3.05, 3.63) is 29.8 Å². The smallest absolute Gasteiger partial charge is 0.227 e. The molecule has 3 rings (SSSR count). The van der Waals surface area contributed by atoms with Gasteiger partial charge in [-0.1, -0.05) is 37.5 Å². The number of para-hydroxylation sites is 1. The van der Waals surface area contributed by atoms with Gasteiger partial charge in [-0.3, -0.25) is 4.79 Å². The molecule has 0 bridgehead atoms. The molecule has 1 heterocycles.